The van der Waals surface area contributed by atoms with E-state index in [2.05, 4.69) is 0 Å². The molecule has 1 amide bonds. The van der Waals surface area contributed by atoms with Crippen molar-refractivity contribution in [3.05, 3.63) is 47.6 Å². The normalized spacial score (nSPS) is 36.0. The second kappa shape index (κ2) is 29.2. The van der Waals surface area contributed by atoms with Gasteiger partial charge in [-0.2, -0.15) is 0 Å². The second-order valence-electron chi connectivity index (χ2n) is 22.7. The van der Waals surface area contributed by atoms with Crippen molar-refractivity contribution < 1.29 is 72.2 Å². The maximum atomic E-state index is 14.6. The van der Waals surface area contributed by atoms with Crippen LogP contribution in [0.2, 0.25) is 19.1 Å². The summed E-state index contributed by atoms with van der Waals surface area (Å²) in [5.74, 6) is -8.64. The molecule has 0 aromatic rings. The molecule has 16 nitrogen and oxygen atoms in total. The molecule has 0 aromatic heterocycles. The molecule has 3 heterocycles. The Hall–Kier alpha value is -3.68. The third kappa shape index (κ3) is 18.0. The first-order valence-electron chi connectivity index (χ1n) is 27.2. The fraction of sp³-hybridized carbons (Fsp3) is 0.754. The van der Waals surface area contributed by atoms with Gasteiger partial charge in [0.2, 0.25) is 5.79 Å². The van der Waals surface area contributed by atoms with Gasteiger partial charge in [0, 0.05) is 64.9 Å². The van der Waals surface area contributed by atoms with Crippen LogP contribution in [0.3, 0.4) is 0 Å². The van der Waals surface area contributed by atoms with Crippen LogP contribution in [0.1, 0.15) is 138 Å². The molecule has 2 saturated heterocycles. The van der Waals surface area contributed by atoms with Crippen molar-refractivity contribution in [1.82, 2.24) is 4.90 Å². The van der Waals surface area contributed by atoms with Crippen molar-refractivity contribution >= 4 is 43.5 Å². The van der Waals surface area contributed by atoms with Crippen LogP contribution in [0.4, 0.5) is 0 Å². The van der Waals surface area contributed by atoms with E-state index in [0.29, 0.717) is 82.2 Å². The number of hydrogen-bond donors (Lipinski definition) is 3. The predicted molar refractivity (Wildman–Crippen MR) is 283 cm³/mol. The number of cyclic esters (lactones) is 1. The van der Waals surface area contributed by atoms with Crippen LogP contribution >= 0.6 is 0 Å². The van der Waals surface area contributed by atoms with Crippen molar-refractivity contribution in [2.45, 2.75) is 212 Å². The van der Waals surface area contributed by atoms with Gasteiger partial charge in [-0.25, -0.2) is 4.79 Å². The van der Waals surface area contributed by atoms with Crippen LogP contribution in [0.15, 0.2) is 47.6 Å². The highest BCUT2D eigenvalue weighted by Crippen LogP contribution is 2.38. The smallest absolute Gasteiger partial charge is 0.329 e. The highest BCUT2D eigenvalue weighted by molar-refractivity contribution is 6.69. The second-order valence-corrected chi connectivity index (χ2v) is 26.8. The lowest BCUT2D eigenvalue weighted by Crippen LogP contribution is -2.61. The molecule has 418 valence electrons. The van der Waals surface area contributed by atoms with Gasteiger partial charge in [-0.1, -0.05) is 71.1 Å². The average molecular weight is 1060 g/mol. The van der Waals surface area contributed by atoms with Gasteiger partial charge >= 0.3 is 11.9 Å². The summed E-state index contributed by atoms with van der Waals surface area (Å²) >= 11 is 0. The molecular weight excluding hydrogens is 967 g/mol. The molecule has 3 N–H and O–H groups in total. The van der Waals surface area contributed by atoms with Crippen molar-refractivity contribution in [1.29, 1.82) is 0 Å². The van der Waals surface area contributed by atoms with Crippen LogP contribution in [0, 0.1) is 35.5 Å². The number of hydrogen-bond acceptors (Lipinski definition) is 15. The van der Waals surface area contributed by atoms with Gasteiger partial charge in [-0.15, -0.1) is 0 Å². The van der Waals surface area contributed by atoms with Gasteiger partial charge < -0.3 is 48.3 Å². The number of esters is 2. The first-order valence-corrected chi connectivity index (χ1v) is 30.4. The summed E-state index contributed by atoms with van der Waals surface area (Å²) in [5.41, 5.74) is 1.24. The number of piperidine rings is 1. The van der Waals surface area contributed by atoms with E-state index in [1.807, 2.05) is 71.2 Å². The number of aliphatic hydroxyl groups is 2. The van der Waals surface area contributed by atoms with Gasteiger partial charge in [0.05, 0.1) is 18.3 Å². The van der Waals surface area contributed by atoms with Crippen LogP contribution in [0.5, 0.6) is 0 Å². The first kappa shape index (κ1) is 62.9. The minimum absolute atomic E-state index is 0.00302. The zero-order chi connectivity index (χ0) is 55.1. The van der Waals surface area contributed by atoms with E-state index in [1.54, 1.807) is 41.1 Å². The molecule has 15 atom stereocenters. The average Bonchev–Trinajstić information content (AvgIpc) is 3.35. The van der Waals surface area contributed by atoms with Crippen molar-refractivity contribution in [3.63, 3.8) is 0 Å². The number of carbonyl (C=O) groups excluding carboxylic acids is 6. The monoisotopic (exact) mass is 1060 g/mol. The third-order valence-electron chi connectivity index (χ3n) is 15.9. The molecule has 1 saturated carbocycles. The molecule has 1 aliphatic carbocycles. The van der Waals surface area contributed by atoms with Gasteiger partial charge in [0.1, 0.15) is 36.2 Å². The number of rotatable bonds is 11. The van der Waals surface area contributed by atoms with E-state index in [4.69, 9.17) is 28.4 Å². The first-order chi connectivity index (χ1) is 34.8. The lowest BCUT2D eigenvalue weighted by Gasteiger charge is -2.42. The molecule has 0 aromatic carbocycles. The molecule has 17 heteroatoms. The standard InChI is InChI=1S/C57H91NO15Si/c1-35-19-14-13-15-20-36(2)47(68-8)33-43-25-23-41(7)57(66,73-43)54(63)55(64)58-27-17-16-21-44(58)56(65)72-48(34-45(59)37(3)30-40(6)52(62)53(70-10)51(61)39(5)29-35)38(4)31-42-24-26-46(49(32-42)69-9)71-50(60)22-18-28-74(11,12)67/h13-15,19-20,30,35,37-39,41-44,46-49,52-53,62,66-67H,16-18,21-29,31-34H2,1-12H3/b15-13?,19-14+,36-20?,40-30+/t35-,37-,38+,39-,41-,42+,43+,44+,46-,47+,48+,49-,52-,53+,57-/m1/s1. The number of ether oxygens (including phenoxy) is 6. The number of allylic oxidation sites excluding steroid dienone is 6. The summed E-state index contributed by atoms with van der Waals surface area (Å²) in [6, 6.07) is -0.583. The summed E-state index contributed by atoms with van der Waals surface area (Å²) < 4.78 is 35.7. The third-order valence-corrected chi connectivity index (χ3v) is 17.5. The Morgan fingerprint density at radius 1 is 0.878 bits per heavy atom. The molecule has 4 aliphatic rings. The number of nitrogens with zero attached hydrogens (tertiary/aromatic N) is 1. The molecule has 4 rings (SSSR count). The summed E-state index contributed by atoms with van der Waals surface area (Å²) in [6.07, 6.45) is 11.5. The number of ketones is 3. The predicted octanol–water partition coefficient (Wildman–Crippen LogP) is 7.71. The van der Waals surface area contributed by atoms with E-state index in [9.17, 15) is 43.8 Å². The number of amides is 1. The summed E-state index contributed by atoms with van der Waals surface area (Å²) in [6.45, 7) is 16.3. The summed E-state index contributed by atoms with van der Waals surface area (Å²) in [7, 11) is 2.22. The number of methoxy groups -OCH3 is 3. The van der Waals surface area contributed by atoms with E-state index < -0.39 is 104 Å². The number of carbonyl (C=O) groups is 6. The van der Waals surface area contributed by atoms with Crippen LogP contribution in [0.25, 0.3) is 0 Å². The van der Waals surface area contributed by atoms with Crippen molar-refractivity contribution in [2.75, 3.05) is 27.9 Å². The number of aliphatic hydroxyl groups excluding tert-OH is 1. The minimum Gasteiger partial charge on any atom is -0.460 e. The Labute approximate surface area is 442 Å². The van der Waals surface area contributed by atoms with Gasteiger partial charge in [0.15, 0.2) is 14.1 Å². The van der Waals surface area contributed by atoms with Crippen LogP contribution in [-0.4, -0.2) is 146 Å². The summed E-state index contributed by atoms with van der Waals surface area (Å²) in [5, 5.41) is 23.5. The quantitative estimate of drug-likeness (QED) is 0.0781. The maximum absolute atomic E-state index is 14.6. The van der Waals surface area contributed by atoms with Crippen LogP contribution in [-0.2, 0) is 57.2 Å². The van der Waals surface area contributed by atoms with Crippen LogP contribution < -0.4 is 0 Å². The summed E-state index contributed by atoms with van der Waals surface area (Å²) in [4.78, 5) is 95.6. The zero-order valence-electron chi connectivity index (χ0n) is 46.5. The molecule has 3 fully saturated rings. The van der Waals surface area contributed by atoms with E-state index in [-0.39, 0.29) is 55.2 Å². The van der Waals surface area contributed by atoms with Gasteiger partial charge in [0.25, 0.3) is 11.7 Å². The van der Waals surface area contributed by atoms with E-state index in [1.165, 1.54) is 12.0 Å². The highest BCUT2D eigenvalue weighted by atomic mass is 28.4. The van der Waals surface area contributed by atoms with Crippen molar-refractivity contribution in [3.8, 4) is 0 Å². The number of Topliss-reactive ketones (excluding diaryl/α,β-unsaturated/α-hetero) is 3. The van der Waals surface area contributed by atoms with Gasteiger partial charge in [-0.05, 0) is 133 Å². The maximum Gasteiger partial charge on any atom is 0.329 e. The topological polar surface area (TPSA) is 222 Å². The number of fused-ring (bicyclic) bond motifs is 3. The van der Waals surface area contributed by atoms with E-state index >= 15 is 0 Å². The van der Waals surface area contributed by atoms with Gasteiger partial charge in [-0.3, -0.25) is 24.0 Å². The van der Waals surface area contributed by atoms with E-state index in [0.717, 1.165) is 5.57 Å². The SMILES string of the molecule is CO[C@H]1C[C@@H]2CC[C@@H](C)[C@@](O)(O2)C(=O)C(=O)N2CCCC[C@H]2C(=O)O[C@H]([C@@H](C)C[C@@H]2CC[C@@H](OC(=O)CCC[Si](C)(C)O)[C@H](OC)C2)CC(=O)[C@H](C)/C=C(\C)[C@@H](O)[C@@H](OC)C(=O)[C@H](C)C[C@H](C)/C=C/C=CC=C1C. The molecular formula is C57H91NO15Si. The molecule has 0 unspecified atom stereocenters. The largest absolute Gasteiger partial charge is 0.460 e. The fourth-order valence-corrected chi connectivity index (χ4v) is 12.2. The Morgan fingerprint density at radius 2 is 1.59 bits per heavy atom. The minimum atomic E-state index is -2.45. The molecule has 74 heavy (non-hydrogen) atoms. The Morgan fingerprint density at radius 3 is 2.26 bits per heavy atom. The molecule has 3 aliphatic heterocycles. The molecule has 0 spiro atoms. The molecule has 0 radical (unpaired) electrons. The Bertz CT molecular complexity index is 2030. The van der Waals surface area contributed by atoms with Crippen molar-refractivity contribution in [2.24, 2.45) is 35.5 Å². The zero-order valence-corrected chi connectivity index (χ0v) is 47.5. The Kier molecular flexibility index (Phi) is 24.8. The highest BCUT2D eigenvalue weighted by Gasteiger charge is 2.53. The lowest BCUT2D eigenvalue weighted by atomic mass is 9.78. The molecule has 2 bridgehead atoms. The lowest BCUT2D eigenvalue weighted by molar-refractivity contribution is -0.265. The Balaban J connectivity index is 1.66. The fourth-order valence-electron chi connectivity index (χ4n) is 11.1.